The second-order valence-electron chi connectivity index (χ2n) is 6.71. The molecular formula is C21H20N6O2S. The van der Waals surface area contributed by atoms with Gasteiger partial charge in [0.05, 0.1) is 5.75 Å². The first-order chi connectivity index (χ1) is 14.5. The van der Waals surface area contributed by atoms with Gasteiger partial charge in [-0.25, -0.2) is 9.98 Å². The number of aromatic nitrogens is 1. The fourth-order valence-electron chi connectivity index (χ4n) is 3.09. The van der Waals surface area contributed by atoms with Crippen molar-refractivity contribution in [1.82, 2.24) is 10.3 Å². The van der Waals surface area contributed by atoms with Crippen LogP contribution >= 0.6 is 11.8 Å². The molecule has 2 aromatic carbocycles. The highest BCUT2D eigenvalue weighted by Crippen LogP contribution is 2.29. The Balaban J connectivity index is 1.41. The van der Waals surface area contributed by atoms with Gasteiger partial charge in [0.1, 0.15) is 0 Å². The molecule has 0 saturated heterocycles. The van der Waals surface area contributed by atoms with E-state index in [1.807, 2.05) is 30.5 Å². The number of rotatable bonds is 5. The minimum atomic E-state index is -0.480. The fourth-order valence-corrected chi connectivity index (χ4v) is 3.78. The third-order valence-electron chi connectivity index (χ3n) is 4.55. The Kier molecular flexibility index (Phi) is 5.53. The van der Waals surface area contributed by atoms with Crippen LogP contribution in [0.5, 0.6) is 0 Å². The van der Waals surface area contributed by atoms with E-state index >= 15 is 0 Å². The predicted molar refractivity (Wildman–Crippen MR) is 121 cm³/mol. The molecule has 0 saturated carbocycles. The van der Waals surface area contributed by atoms with Crippen molar-refractivity contribution in [2.24, 2.45) is 15.7 Å². The number of carbonyl (C=O) groups excluding carboxylic acids is 2. The molecule has 1 aromatic heterocycles. The Morgan fingerprint density at radius 1 is 1.13 bits per heavy atom. The Labute approximate surface area is 177 Å². The van der Waals surface area contributed by atoms with E-state index in [4.69, 9.17) is 5.73 Å². The van der Waals surface area contributed by atoms with E-state index in [2.05, 4.69) is 25.6 Å². The maximum atomic E-state index is 12.3. The molecule has 9 heteroatoms. The lowest BCUT2D eigenvalue weighted by Crippen LogP contribution is -2.39. The molecule has 4 rings (SSSR count). The number of aliphatic imine (C=N–C) groups is 2. The van der Waals surface area contributed by atoms with E-state index in [-0.39, 0.29) is 23.4 Å². The van der Waals surface area contributed by atoms with Crippen LogP contribution in [0.15, 0.2) is 64.7 Å². The van der Waals surface area contributed by atoms with Crippen molar-refractivity contribution < 1.29 is 9.59 Å². The second kappa shape index (κ2) is 8.42. The maximum Gasteiger partial charge on any atom is 0.234 e. The third kappa shape index (κ3) is 4.36. The van der Waals surface area contributed by atoms with E-state index in [0.717, 1.165) is 16.5 Å². The Morgan fingerprint density at radius 2 is 1.90 bits per heavy atom. The number of nitrogens with two attached hydrogens (primary N) is 1. The normalized spacial score (nSPS) is 15.8. The molecule has 0 fully saturated rings. The zero-order valence-electron chi connectivity index (χ0n) is 16.2. The molecule has 0 radical (unpaired) electrons. The highest BCUT2D eigenvalue weighted by molar-refractivity contribution is 8.14. The topological polar surface area (TPSA) is 125 Å². The molecule has 1 aliphatic rings. The molecule has 3 aromatic rings. The number of nitrogens with one attached hydrogen (secondary N) is 3. The van der Waals surface area contributed by atoms with Gasteiger partial charge in [-0.05, 0) is 37.3 Å². The van der Waals surface area contributed by atoms with Crippen molar-refractivity contribution in [2.75, 3.05) is 11.1 Å². The van der Waals surface area contributed by atoms with Crippen molar-refractivity contribution in [3.05, 3.63) is 65.9 Å². The van der Waals surface area contributed by atoms with Gasteiger partial charge in [0.15, 0.2) is 23.1 Å². The summed E-state index contributed by atoms with van der Waals surface area (Å²) in [4.78, 5) is 35.8. The molecule has 1 amide bonds. The van der Waals surface area contributed by atoms with Crippen LogP contribution in [0, 0.1) is 0 Å². The number of para-hydroxylation sites is 1. The SMILES string of the molecule is CC(=O)c1ccc(NC(=O)CSC2=N[C@H](c3c[nH]c4ccccc34)N=C(N)N2)cc1. The van der Waals surface area contributed by atoms with Crippen molar-refractivity contribution in [3.63, 3.8) is 0 Å². The first kappa shape index (κ1) is 19.7. The summed E-state index contributed by atoms with van der Waals surface area (Å²) in [5.41, 5.74) is 9.08. The van der Waals surface area contributed by atoms with Crippen LogP contribution in [0.4, 0.5) is 5.69 Å². The molecule has 1 aliphatic heterocycles. The lowest BCUT2D eigenvalue weighted by Gasteiger charge is -2.18. The van der Waals surface area contributed by atoms with Gasteiger partial charge < -0.3 is 21.4 Å². The van der Waals surface area contributed by atoms with Crippen LogP contribution in [0.1, 0.15) is 29.0 Å². The molecule has 5 N–H and O–H groups in total. The summed E-state index contributed by atoms with van der Waals surface area (Å²) in [6.45, 7) is 1.50. The van der Waals surface area contributed by atoms with Crippen LogP contribution in [0.2, 0.25) is 0 Å². The van der Waals surface area contributed by atoms with Crippen LogP contribution in [0.25, 0.3) is 10.9 Å². The van der Waals surface area contributed by atoms with Gasteiger partial charge in [0.2, 0.25) is 5.91 Å². The average Bonchev–Trinajstić information content (AvgIpc) is 3.16. The Hall–Kier alpha value is -3.59. The second-order valence-corrected chi connectivity index (χ2v) is 7.67. The van der Waals surface area contributed by atoms with Gasteiger partial charge in [-0.2, -0.15) is 0 Å². The number of carbonyl (C=O) groups is 2. The standard InChI is InChI=1S/C21H20N6O2S/c1-12(28)13-6-8-14(9-7-13)24-18(29)11-30-21-26-19(25-20(22)27-21)16-10-23-17-5-3-2-4-15(16)17/h2-10,19,23H,11H2,1H3,(H,24,29)(H3,22,25,26,27)/t19-/m1/s1. The predicted octanol–water partition coefficient (Wildman–Crippen LogP) is 3.01. The number of hydrogen-bond acceptors (Lipinski definition) is 7. The summed E-state index contributed by atoms with van der Waals surface area (Å²) < 4.78 is 0. The van der Waals surface area contributed by atoms with Gasteiger partial charge >= 0.3 is 0 Å². The number of nitrogens with zero attached hydrogens (tertiary/aromatic N) is 2. The number of Topliss-reactive ketones (excluding diaryl/α,β-unsaturated/α-hetero) is 1. The summed E-state index contributed by atoms with van der Waals surface area (Å²) in [5, 5.41) is 7.27. The van der Waals surface area contributed by atoms with Gasteiger partial charge in [-0.3, -0.25) is 9.59 Å². The summed E-state index contributed by atoms with van der Waals surface area (Å²) in [7, 11) is 0. The quantitative estimate of drug-likeness (QED) is 0.472. The minimum absolute atomic E-state index is 0.0196. The Morgan fingerprint density at radius 3 is 2.67 bits per heavy atom. The number of guanidine groups is 1. The van der Waals surface area contributed by atoms with E-state index < -0.39 is 6.17 Å². The van der Waals surface area contributed by atoms with E-state index in [1.165, 1.54) is 18.7 Å². The van der Waals surface area contributed by atoms with Crippen molar-refractivity contribution >= 4 is 51.2 Å². The number of aromatic amines is 1. The third-order valence-corrected chi connectivity index (χ3v) is 5.44. The molecule has 1 atom stereocenters. The first-order valence-corrected chi connectivity index (χ1v) is 10.3. The molecule has 30 heavy (non-hydrogen) atoms. The van der Waals surface area contributed by atoms with E-state index in [9.17, 15) is 9.59 Å². The number of fused-ring (bicyclic) bond motifs is 1. The summed E-state index contributed by atoms with van der Waals surface area (Å²) >= 11 is 1.24. The monoisotopic (exact) mass is 420 g/mol. The number of amidine groups is 1. The van der Waals surface area contributed by atoms with Crippen molar-refractivity contribution in [1.29, 1.82) is 0 Å². The summed E-state index contributed by atoms with van der Waals surface area (Å²) in [5.74, 6) is 0.190. The number of hydrogen-bond donors (Lipinski definition) is 4. The molecule has 0 aliphatic carbocycles. The summed E-state index contributed by atoms with van der Waals surface area (Å²) in [6, 6.07) is 14.7. The number of H-pyrrole nitrogens is 1. The van der Waals surface area contributed by atoms with Crippen LogP contribution in [-0.4, -0.2) is 33.6 Å². The highest BCUT2D eigenvalue weighted by atomic mass is 32.2. The maximum absolute atomic E-state index is 12.3. The molecular weight excluding hydrogens is 400 g/mol. The van der Waals surface area contributed by atoms with Crippen molar-refractivity contribution in [3.8, 4) is 0 Å². The largest absolute Gasteiger partial charge is 0.370 e. The number of ketones is 1. The van der Waals surface area contributed by atoms with E-state index in [0.29, 0.717) is 16.4 Å². The summed E-state index contributed by atoms with van der Waals surface area (Å²) in [6.07, 6.45) is 1.40. The van der Waals surface area contributed by atoms with E-state index in [1.54, 1.807) is 24.3 Å². The van der Waals surface area contributed by atoms with Crippen LogP contribution < -0.4 is 16.4 Å². The van der Waals surface area contributed by atoms with Gasteiger partial charge in [0.25, 0.3) is 0 Å². The van der Waals surface area contributed by atoms with Crippen LogP contribution in [-0.2, 0) is 4.79 Å². The molecule has 152 valence electrons. The van der Waals surface area contributed by atoms with Gasteiger partial charge in [0, 0.05) is 33.9 Å². The van der Waals surface area contributed by atoms with Crippen LogP contribution in [0.3, 0.4) is 0 Å². The first-order valence-electron chi connectivity index (χ1n) is 9.27. The van der Waals surface area contributed by atoms with Gasteiger partial charge in [-0.1, -0.05) is 30.0 Å². The van der Waals surface area contributed by atoms with Gasteiger partial charge in [-0.15, -0.1) is 0 Å². The lowest BCUT2D eigenvalue weighted by molar-refractivity contribution is -0.113. The van der Waals surface area contributed by atoms with Crippen molar-refractivity contribution in [2.45, 2.75) is 13.1 Å². The zero-order valence-corrected chi connectivity index (χ0v) is 17.0. The number of amides is 1. The minimum Gasteiger partial charge on any atom is -0.370 e. The number of thioether (sulfide) groups is 1. The highest BCUT2D eigenvalue weighted by Gasteiger charge is 2.20. The molecule has 2 heterocycles. The lowest BCUT2D eigenvalue weighted by atomic mass is 10.1. The smallest absolute Gasteiger partial charge is 0.234 e. The average molecular weight is 420 g/mol. The molecule has 0 bridgehead atoms. The molecule has 8 nitrogen and oxygen atoms in total. The number of anilines is 1. The molecule has 0 spiro atoms. The molecule has 0 unspecified atom stereocenters. The number of benzene rings is 2. The fraction of sp³-hybridized carbons (Fsp3) is 0.143. The Bertz CT molecular complexity index is 1170. The zero-order chi connectivity index (χ0) is 21.1.